The van der Waals surface area contributed by atoms with Crippen molar-refractivity contribution < 1.29 is 9.59 Å². The molecule has 0 unspecified atom stereocenters. The van der Waals surface area contributed by atoms with Crippen molar-refractivity contribution in [2.45, 2.75) is 0 Å². The molecule has 118 valence electrons. The minimum absolute atomic E-state index is 0.213. The van der Waals surface area contributed by atoms with Gasteiger partial charge in [0.1, 0.15) is 5.82 Å². The zero-order chi connectivity index (χ0) is 16.4. The summed E-state index contributed by atoms with van der Waals surface area (Å²) in [5.41, 5.74) is 0.971. The van der Waals surface area contributed by atoms with Crippen LogP contribution in [0.2, 0.25) is 5.02 Å². The maximum atomic E-state index is 12.6. The van der Waals surface area contributed by atoms with Gasteiger partial charge in [-0.05, 0) is 30.3 Å². The third-order valence-corrected chi connectivity index (χ3v) is 3.96. The number of carbonyl (C=O) groups is 2. The summed E-state index contributed by atoms with van der Waals surface area (Å²) in [4.78, 5) is 31.6. The summed E-state index contributed by atoms with van der Waals surface area (Å²) in [7, 11) is 1.65. The molecule has 1 N–H and O–H groups in total. The van der Waals surface area contributed by atoms with Crippen LogP contribution in [0, 0.1) is 0 Å². The van der Waals surface area contributed by atoms with Gasteiger partial charge in [0.05, 0.1) is 10.7 Å². The standard InChI is InChI=1S/C16H15ClN4O2/c1-20(14-4-2-3-7-18-14)15(22)11-5-6-12(17)13(10-11)21-9-8-19-16(21)23/h2-7,10H,8-9H2,1H3,(H,19,23). The molecule has 0 bridgehead atoms. The zero-order valence-electron chi connectivity index (χ0n) is 12.5. The predicted octanol–water partition coefficient (Wildman–Crippen LogP) is 2.54. The molecule has 3 amide bonds. The first-order valence-corrected chi connectivity index (χ1v) is 7.50. The number of carbonyl (C=O) groups excluding carboxylic acids is 2. The highest BCUT2D eigenvalue weighted by Gasteiger charge is 2.25. The molecule has 1 aromatic heterocycles. The molecule has 23 heavy (non-hydrogen) atoms. The fourth-order valence-electron chi connectivity index (χ4n) is 2.40. The Morgan fingerprint density at radius 3 is 2.83 bits per heavy atom. The molecule has 0 atom stereocenters. The monoisotopic (exact) mass is 330 g/mol. The number of hydrogen-bond acceptors (Lipinski definition) is 3. The van der Waals surface area contributed by atoms with Gasteiger partial charge < -0.3 is 5.32 Å². The molecule has 0 radical (unpaired) electrons. The van der Waals surface area contributed by atoms with Crippen molar-refractivity contribution in [1.82, 2.24) is 10.3 Å². The molecule has 1 fully saturated rings. The van der Waals surface area contributed by atoms with Crippen molar-refractivity contribution in [3.05, 3.63) is 53.2 Å². The molecule has 2 heterocycles. The van der Waals surface area contributed by atoms with E-state index in [9.17, 15) is 9.59 Å². The van der Waals surface area contributed by atoms with E-state index in [4.69, 9.17) is 11.6 Å². The van der Waals surface area contributed by atoms with E-state index in [2.05, 4.69) is 10.3 Å². The number of benzene rings is 1. The lowest BCUT2D eigenvalue weighted by Gasteiger charge is -2.19. The SMILES string of the molecule is CN(C(=O)c1ccc(Cl)c(N2CCNC2=O)c1)c1ccccn1. The predicted molar refractivity (Wildman–Crippen MR) is 89.2 cm³/mol. The highest BCUT2D eigenvalue weighted by molar-refractivity contribution is 6.34. The van der Waals surface area contributed by atoms with E-state index < -0.39 is 0 Å². The smallest absolute Gasteiger partial charge is 0.322 e. The number of nitrogens with zero attached hydrogens (tertiary/aromatic N) is 3. The molecule has 1 aliphatic rings. The molecule has 2 aromatic rings. The lowest BCUT2D eigenvalue weighted by atomic mass is 10.1. The maximum absolute atomic E-state index is 12.6. The number of urea groups is 1. The Morgan fingerprint density at radius 1 is 1.35 bits per heavy atom. The van der Waals surface area contributed by atoms with Crippen molar-refractivity contribution in [3.63, 3.8) is 0 Å². The van der Waals surface area contributed by atoms with Crippen molar-refractivity contribution in [2.75, 3.05) is 29.9 Å². The Hall–Kier alpha value is -2.60. The minimum atomic E-state index is -0.221. The quantitative estimate of drug-likeness (QED) is 0.940. The van der Waals surface area contributed by atoms with Gasteiger partial charge in [-0.15, -0.1) is 0 Å². The highest BCUT2D eigenvalue weighted by atomic mass is 35.5. The van der Waals surface area contributed by atoms with Crippen LogP contribution in [0.3, 0.4) is 0 Å². The number of anilines is 2. The molecular weight excluding hydrogens is 316 g/mol. The minimum Gasteiger partial charge on any atom is -0.336 e. The lowest BCUT2D eigenvalue weighted by Crippen LogP contribution is -2.29. The first kappa shape index (κ1) is 15.3. The van der Waals surface area contributed by atoms with Gasteiger partial charge in [0.2, 0.25) is 0 Å². The molecule has 1 aliphatic heterocycles. The van der Waals surface area contributed by atoms with Gasteiger partial charge in [0.15, 0.2) is 0 Å². The van der Waals surface area contributed by atoms with Crippen molar-refractivity contribution in [3.8, 4) is 0 Å². The van der Waals surface area contributed by atoms with E-state index in [1.54, 1.807) is 43.6 Å². The Balaban J connectivity index is 1.91. The van der Waals surface area contributed by atoms with Gasteiger partial charge in [0.25, 0.3) is 5.91 Å². The summed E-state index contributed by atoms with van der Waals surface area (Å²) < 4.78 is 0. The van der Waals surface area contributed by atoms with Crippen molar-refractivity contribution in [1.29, 1.82) is 0 Å². The van der Waals surface area contributed by atoms with Crippen molar-refractivity contribution >= 4 is 35.0 Å². The molecule has 0 saturated carbocycles. The number of pyridine rings is 1. The maximum Gasteiger partial charge on any atom is 0.322 e. The molecule has 1 aromatic carbocycles. The third-order valence-electron chi connectivity index (χ3n) is 3.64. The van der Waals surface area contributed by atoms with Gasteiger partial charge in [-0.3, -0.25) is 14.6 Å². The second-order valence-corrected chi connectivity index (χ2v) is 5.51. The van der Waals surface area contributed by atoms with E-state index >= 15 is 0 Å². The largest absolute Gasteiger partial charge is 0.336 e. The number of aromatic nitrogens is 1. The summed E-state index contributed by atoms with van der Waals surface area (Å²) in [6.45, 7) is 1.08. The molecule has 1 saturated heterocycles. The Morgan fingerprint density at radius 2 is 2.17 bits per heavy atom. The average molecular weight is 331 g/mol. The first-order chi connectivity index (χ1) is 11.1. The molecular formula is C16H15ClN4O2. The fourth-order valence-corrected chi connectivity index (χ4v) is 2.62. The van der Waals surface area contributed by atoms with Gasteiger partial charge in [-0.25, -0.2) is 9.78 Å². The number of amides is 3. The van der Waals surface area contributed by atoms with Crippen LogP contribution in [0.5, 0.6) is 0 Å². The third kappa shape index (κ3) is 2.98. The highest BCUT2D eigenvalue weighted by Crippen LogP contribution is 2.29. The summed E-state index contributed by atoms with van der Waals surface area (Å²) in [5.74, 6) is 0.328. The van der Waals surface area contributed by atoms with E-state index in [1.807, 2.05) is 6.07 Å². The Kier molecular flexibility index (Phi) is 4.16. The van der Waals surface area contributed by atoms with Crippen LogP contribution in [0.15, 0.2) is 42.6 Å². The number of halogens is 1. The summed E-state index contributed by atoms with van der Waals surface area (Å²) in [5, 5.41) is 3.15. The van der Waals surface area contributed by atoms with E-state index in [0.29, 0.717) is 35.2 Å². The number of nitrogens with one attached hydrogen (secondary N) is 1. The van der Waals surface area contributed by atoms with Gasteiger partial charge in [-0.2, -0.15) is 0 Å². The summed E-state index contributed by atoms with van der Waals surface area (Å²) in [6, 6.07) is 10.0. The number of rotatable bonds is 3. The van der Waals surface area contributed by atoms with Crippen molar-refractivity contribution in [2.24, 2.45) is 0 Å². The molecule has 7 heteroatoms. The first-order valence-electron chi connectivity index (χ1n) is 7.12. The van der Waals surface area contributed by atoms with Crippen LogP contribution in [-0.2, 0) is 0 Å². The van der Waals surface area contributed by atoms with E-state index in [0.717, 1.165) is 0 Å². The second kappa shape index (κ2) is 6.26. The van der Waals surface area contributed by atoms with Gasteiger partial charge >= 0.3 is 6.03 Å². The zero-order valence-corrected chi connectivity index (χ0v) is 13.2. The summed E-state index contributed by atoms with van der Waals surface area (Å²) >= 11 is 6.18. The van der Waals surface area contributed by atoms with Crippen LogP contribution < -0.4 is 15.1 Å². The van der Waals surface area contributed by atoms with E-state index in [1.165, 1.54) is 9.80 Å². The van der Waals surface area contributed by atoms with E-state index in [-0.39, 0.29) is 11.9 Å². The van der Waals surface area contributed by atoms with Crippen LogP contribution in [-0.4, -0.2) is 37.1 Å². The van der Waals surface area contributed by atoms with Crippen LogP contribution >= 0.6 is 11.6 Å². The molecule has 3 rings (SSSR count). The lowest BCUT2D eigenvalue weighted by molar-refractivity contribution is 0.0992. The van der Waals surface area contributed by atoms with Crippen LogP contribution in [0.4, 0.5) is 16.3 Å². The Bertz CT molecular complexity index is 751. The fraction of sp³-hybridized carbons (Fsp3) is 0.188. The summed E-state index contributed by atoms with van der Waals surface area (Å²) in [6.07, 6.45) is 1.63. The van der Waals surface area contributed by atoms with Gasteiger partial charge in [0, 0.05) is 31.9 Å². The molecule has 0 spiro atoms. The molecule has 0 aliphatic carbocycles. The average Bonchev–Trinajstić information content (AvgIpc) is 3.00. The second-order valence-electron chi connectivity index (χ2n) is 5.10. The van der Waals surface area contributed by atoms with Crippen LogP contribution in [0.1, 0.15) is 10.4 Å². The van der Waals surface area contributed by atoms with Crippen LogP contribution in [0.25, 0.3) is 0 Å². The topological polar surface area (TPSA) is 65.5 Å². The molecule has 6 nitrogen and oxygen atoms in total. The normalized spacial score (nSPS) is 13.8. The Labute approximate surface area is 138 Å². The van der Waals surface area contributed by atoms with Gasteiger partial charge in [-0.1, -0.05) is 17.7 Å². The number of hydrogen-bond donors (Lipinski definition) is 1.